The van der Waals surface area contributed by atoms with Crippen molar-refractivity contribution >= 4 is 11.9 Å². The molecular weight excluding hydrogens is 218 g/mol. The van der Waals surface area contributed by atoms with Crippen molar-refractivity contribution in [3.8, 4) is 0 Å². The zero-order valence-electron chi connectivity index (χ0n) is 9.89. The van der Waals surface area contributed by atoms with Gasteiger partial charge in [-0.1, -0.05) is 30.3 Å². The number of carbonyl (C=O) groups excluding carboxylic acids is 2. The molecule has 0 saturated heterocycles. The Morgan fingerprint density at radius 1 is 1.29 bits per heavy atom. The fraction of sp³-hybridized carbons (Fsp3) is 0.385. The lowest BCUT2D eigenvalue weighted by molar-refractivity contribution is -0.142. The van der Waals surface area contributed by atoms with E-state index in [1.54, 1.807) is 0 Å². The molecular formula is C13H17NO3. The summed E-state index contributed by atoms with van der Waals surface area (Å²) in [6.07, 6.45) is 1.45. The summed E-state index contributed by atoms with van der Waals surface area (Å²) in [4.78, 5) is 22.3. The number of hydrogen-bond donors (Lipinski definition) is 1. The van der Waals surface area contributed by atoms with Crippen LogP contribution < -0.4 is 5.73 Å². The first-order valence-electron chi connectivity index (χ1n) is 5.56. The van der Waals surface area contributed by atoms with E-state index in [9.17, 15) is 9.59 Å². The fourth-order valence-corrected chi connectivity index (χ4v) is 1.73. The Labute approximate surface area is 101 Å². The van der Waals surface area contributed by atoms with E-state index in [4.69, 9.17) is 10.5 Å². The summed E-state index contributed by atoms with van der Waals surface area (Å²) in [5.41, 5.74) is 5.98. The van der Waals surface area contributed by atoms with Gasteiger partial charge in [0, 0.05) is 6.42 Å². The predicted octanol–water partition coefficient (Wildman–Crippen LogP) is 1.60. The van der Waals surface area contributed by atoms with Gasteiger partial charge in [-0.05, 0) is 18.4 Å². The van der Waals surface area contributed by atoms with Crippen molar-refractivity contribution in [1.82, 2.24) is 0 Å². The number of nitrogens with two attached hydrogens (primary N) is 1. The van der Waals surface area contributed by atoms with E-state index in [1.807, 2.05) is 30.3 Å². The van der Waals surface area contributed by atoms with Crippen LogP contribution in [0.1, 0.15) is 30.7 Å². The van der Waals surface area contributed by atoms with E-state index in [1.165, 1.54) is 7.11 Å². The van der Waals surface area contributed by atoms with Gasteiger partial charge in [0.2, 0.25) is 5.91 Å². The summed E-state index contributed by atoms with van der Waals surface area (Å²) >= 11 is 0. The maximum Gasteiger partial charge on any atom is 0.313 e. The van der Waals surface area contributed by atoms with E-state index < -0.39 is 0 Å². The van der Waals surface area contributed by atoms with Gasteiger partial charge in [-0.15, -0.1) is 0 Å². The maximum atomic E-state index is 11.6. The zero-order valence-corrected chi connectivity index (χ0v) is 9.89. The van der Waals surface area contributed by atoms with Crippen molar-refractivity contribution in [2.75, 3.05) is 7.11 Å². The van der Waals surface area contributed by atoms with Gasteiger partial charge in [0.05, 0.1) is 13.0 Å². The van der Waals surface area contributed by atoms with Crippen LogP contribution >= 0.6 is 0 Å². The van der Waals surface area contributed by atoms with Gasteiger partial charge in [-0.25, -0.2) is 0 Å². The summed E-state index contributed by atoms with van der Waals surface area (Å²) < 4.78 is 4.77. The Hall–Kier alpha value is -1.84. The average Bonchev–Trinajstić information content (AvgIpc) is 2.34. The van der Waals surface area contributed by atoms with Crippen LogP contribution in [0.2, 0.25) is 0 Å². The highest BCUT2D eigenvalue weighted by Gasteiger charge is 2.20. The number of ether oxygens (including phenoxy) is 1. The van der Waals surface area contributed by atoms with Gasteiger partial charge >= 0.3 is 5.97 Å². The van der Waals surface area contributed by atoms with E-state index in [2.05, 4.69) is 0 Å². The van der Waals surface area contributed by atoms with Crippen molar-refractivity contribution in [3.05, 3.63) is 35.9 Å². The van der Waals surface area contributed by atoms with Crippen LogP contribution in [0.25, 0.3) is 0 Å². The van der Waals surface area contributed by atoms with Crippen LogP contribution in [0.15, 0.2) is 30.3 Å². The molecule has 4 nitrogen and oxygen atoms in total. The third kappa shape index (κ3) is 4.26. The van der Waals surface area contributed by atoms with Crippen LogP contribution in [0.5, 0.6) is 0 Å². The lowest BCUT2D eigenvalue weighted by Gasteiger charge is -2.14. The molecule has 1 rings (SSSR count). The number of rotatable bonds is 6. The molecule has 0 saturated carbocycles. The van der Waals surface area contributed by atoms with E-state index >= 15 is 0 Å². The highest BCUT2D eigenvalue weighted by atomic mass is 16.5. The van der Waals surface area contributed by atoms with Crippen molar-refractivity contribution in [3.63, 3.8) is 0 Å². The third-order valence-corrected chi connectivity index (χ3v) is 2.60. The summed E-state index contributed by atoms with van der Waals surface area (Å²) in [6, 6.07) is 9.40. The van der Waals surface area contributed by atoms with Gasteiger partial charge in [-0.2, -0.15) is 0 Å². The summed E-state index contributed by atoms with van der Waals surface area (Å²) in [5.74, 6) is -0.942. The highest BCUT2D eigenvalue weighted by molar-refractivity contribution is 5.78. The average molecular weight is 235 g/mol. The molecule has 0 spiro atoms. The largest absolute Gasteiger partial charge is 0.469 e. The lowest BCUT2D eigenvalue weighted by atomic mass is 9.93. The second-order valence-corrected chi connectivity index (χ2v) is 3.84. The number of esters is 1. The molecule has 4 heteroatoms. The molecule has 1 amide bonds. The van der Waals surface area contributed by atoms with Crippen molar-refractivity contribution in [1.29, 1.82) is 0 Å². The van der Waals surface area contributed by atoms with Crippen LogP contribution in [-0.2, 0) is 14.3 Å². The minimum absolute atomic E-state index is 0.277. The minimum atomic E-state index is -0.346. The first-order chi connectivity index (χ1) is 8.15. The first-order valence-corrected chi connectivity index (χ1v) is 5.56. The Kier molecular flexibility index (Phi) is 5.20. The number of methoxy groups -OCH3 is 1. The van der Waals surface area contributed by atoms with E-state index in [-0.39, 0.29) is 17.8 Å². The Balaban J connectivity index is 2.68. The minimum Gasteiger partial charge on any atom is -0.469 e. The summed E-state index contributed by atoms with van der Waals surface area (Å²) in [7, 11) is 1.37. The second kappa shape index (κ2) is 6.68. The number of primary amides is 1. The quantitative estimate of drug-likeness (QED) is 0.761. The van der Waals surface area contributed by atoms with Crippen LogP contribution in [0.3, 0.4) is 0 Å². The Morgan fingerprint density at radius 3 is 2.47 bits per heavy atom. The molecule has 0 radical (unpaired) electrons. The second-order valence-electron chi connectivity index (χ2n) is 3.84. The standard InChI is InChI=1S/C13H17NO3/c1-17-13(16)11(8-5-9-12(14)15)10-6-3-2-4-7-10/h2-4,6-7,11H,5,8-9H2,1H3,(H2,14,15). The normalized spacial score (nSPS) is 11.8. The SMILES string of the molecule is COC(=O)C(CCCC(N)=O)c1ccccc1. The van der Waals surface area contributed by atoms with Crippen LogP contribution in [0, 0.1) is 0 Å². The topological polar surface area (TPSA) is 69.4 Å². The smallest absolute Gasteiger partial charge is 0.313 e. The predicted molar refractivity (Wildman–Crippen MR) is 64.2 cm³/mol. The number of amides is 1. The highest BCUT2D eigenvalue weighted by Crippen LogP contribution is 2.23. The van der Waals surface area contributed by atoms with Gasteiger partial charge in [0.15, 0.2) is 0 Å². The first kappa shape index (κ1) is 13.2. The molecule has 0 aliphatic heterocycles. The molecule has 2 N–H and O–H groups in total. The molecule has 1 unspecified atom stereocenters. The van der Waals surface area contributed by atoms with Crippen molar-refractivity contribution < 1.29 is 14.3 Å². The van der Waals surface area contributed by atoms with Crippen LogP contribution in [0.4, 0.5) is 0 Å². The van der Waals surface area contributed by atoms with Gasteiger partial charge < -0.3 is 10.5 Å². The number of carbonyl (C=O) groups is 2. The zero-order chi connectivity index (χ0) is 12.7. The molecule has 0 bridgehead atoms. The third-order valence-electron chi connectivity index (χ3n) is 2.60. The van der Waals surface area contributed by atoms with Gasteiger partial charge in [0.25, 0.3) is 0 Å². The summed E-state index contributed by atoms with van der Waals surface area (Å²) in [5, 5.41) is 0. The van der Waals surface area contributed by atoms with Crippen LogP contribution in [-0.4, -0.2) is 19.0 Å². The lowest BCUT2D eigenvalue weighted by Crippen LogP contribution is -2.16. The maximum absolute atomic E-state index is 11.6. The molecule has 0 aliphatic rings. The fourth-order valence-electron chi connectivity index (χ4n) is 1.73. The molecule has 1 aromatic rings. The number of benzene rings is 1. The van der Waals surface area contributed by atoms with Gasteiger partial charge in [-0.3, -0.25) is 9.59 Å². The number of hydrogen-bond acceptors (Lipinski definition) is 3. The Morgan fingerprint density at radius 2 is 1.94 bits per heavy atom. The van der Waals surface area contributed by atoms with Crippen molar-refractivity contribution in [2.24, 2.45) is 5.73 Å². The molecule has 17 heavy (non-hydrogen) atoms. The van der Waals surface area contributed by atoms with Gasteiger partial charge in [0.1, 0.15) is 0 Å². The van der Waals surface area contributed by atoms with E-state index in [0.29, 0.717) is 19.3 Å². The Bertz CT molecular complexity index is 376. The monoisotopic (exact) mass is 235 g/mol. The molecule has 0 heterocycles. The van der Waals surface area contributed by atoms with E-state index in [0.717, 1.165) is 5.56 Å². The molecule has 0 aromatic heterocycles. The molecule has 1 aromatic carbocycles. The molecule has 92 valence electrons. The summed E-state index contributed by atoms with van der Waals surface area (Å²) in [6.45, 7) is 0. The molecule has 1 atom stereocenters. The van der Waals surface area contributed by atoms with Crippen molar-refractivity contribution in [2.45, 2.75) is 25.2 Å². The molecule has 0 fully saturated rings. The molecule has 0 aliphatic carbocycles.